The number of pyridine rings is 1. The zero-order valence-electron chi connectivity index (χ0n) is 21.8. The second-order valence-electron chi connectivity index (χ2n) is 10.1. The Kier molecular flexibility index (Phi) is 5.14. The number of para-hydroxylation sites is 4. The standard InChI is InChI=1S/C37H25N3/c1-5-13-34-30(9-1)31-10-2-6-14-35(31)39(34)28-23-27(18-17-26-19-21-38-22-20-26)24-29(25-28)40-36-15-7-3-11-32(36)33-12-4-8-16-37(33)40/h1-25H. The largest absolute Gasteiger partial charge is 0.309 e. The van der Waals surface area contributed by atoms with Crippen LogP contribution in [-0.2, 0) is 0 Å². The molecule has 0 saturated carbocycles. The van der Waals surface area contributed by atoms with Gasteiger partial charge in [-0.3, -0.25) is 4.98 Å². The van der Waals surface area contributed by atoms with Crippen LogP contribution in [0.1, 0.15) is 11.1 Å². The van der Waals surface area contributed by atoms with E-state index in [0.717, 1.165) is 22.5 Å². The first kappa shape index (κ1) is 22.6. The van der Waals surface area contributed by atoms with Crippen LogP contribution in [0.5, 0.6) is 0 Å². The molecular formula is C37H25N3. The summed E-state index contributed by atoms with van der Waals surface area (Å²) in [4.78, 5) is 4.17. The molecule has 0 bridgehead atoms. The van der Waals surface area contributed by atoms with Crippen LogP contribution in [0.25, 0.3) is 67.1 Å². The monoisotopic (exact) mass is 511 g/mol. The minimum absolute atomic E-state index is 1.12. The topological polar surface area (TPSA) is 22.8 Å². The highest BCUT2D eigenvalue weighted by atomic mass is 15.0. The maximum absolute atomic E-state index is 4.17. The van der Waals surface area contributed by atoms with Gasteiger partial charge < -0.3 is 9.13 Å². The van der Waals surface area contributed by atoms with E-state index in [9.17, 15) is 0 Å². The Hall–Kier alpha value is -5.41. The minimum atomic E-state index is 1.12. The van der Waals surface area contributed by atoms with Crippen LogP contribution in [-0.4, -0.2) is 14.1 Å². The highest BCUT2D eigenvalue weighted by Gasteiger charge is 2.16. The van der Waals surface area contributed by atoms with E-state index in [1.807, 2.05) is 24.5 Å². The van der Waals surface area contributed by atoms with E-state index in [4.69, 9.17) is 0 Å². The van der Waals surface area contributed by atoms with Crippen molar-refractivity contribution in [1.82, 2.24) is 14.1 Å². The van der Waals surface area contributed by atoms with Gasteiger partial charge in [-0.15, -0.1) is 0 Å². The van der Waals surface area contributed by atoms with Crippen molar-refractivity contribution in [2.24, 2.45) is 0 Å². The predicted octanol–water partition coefficient (Wildman–Crippen LogP) is 9.45. The van der Waals surface area contributed by atoms with Gasteiger partial charge in [0.15, 0.2) is 0 Å². The number of benzene rings is 5. The molecule has 0 amide bonds. The molecule has 0 spiro atoms. The third-order valence-electron chi connectivity index (χ3n) is 7.78. The maximum atomic E-state index is 4.17. The molecule has 0 unspecified atom stereocenters. The lowest BCUT2D eigenvalue weighted by molar-refractivity contribution is 1.13. The molecule has 3 heterocycles. The van der Waals surface area contributed by atoms with Crippen molar-refractivity contribution in [2.75, 3.05) is 0 Å². The third kappa shape index (κ3) is 3.56. The first-order valence-corrected chi connectivity index (χ1v) is 13.6. The smallest absolute Gasteiger partial charge is 0.0541 e. The summed E-state index contributed by atoms with van der Waals surface area (Å²) in [5, 5.41) is 5.03. The van der Waals surface area contributed by atoms with E-state index in [0.29, 0.717) is 0 Å². The number of fused-ring (bicyclic) bond motifs is 6. The molecule has 0 aliphatic carbocycles. The zero-order valence-corrected chi connectivity index (χ0v) is 21.8. The van der Waals surface area contributed by atoms with E-state index in [2.05, 4.69) is 142 Å². The van der Waals surface area contributed by atoms with Crippen LogP contribution in [0.3, 0.4) is 0 Å². The summed E-state index contributed by atoms with van der Waals surface area (Å²) in [5.74, 6) is 0. The summed E-state index contributed by atoms with van der Waals surface area (Å²) in [6, 6.07) is 45.7. The van der Waals surface area contributed by atoms with Crippen molar-refractivity contribution >= 4 is 55.8 Å². The lowest BCUT2D eigenvalue weighted by atomic mass is 10.1. The first-order valence-electron chi connectivity index (χ1n) is 13.6. The van der Waals surface area contributed by atoms with Gasteiger partial charge in [-0.1, -0.05) is 84.9 Å². The Morgan fingerprint density at radius 3 is 1.20 bits per heavy atom. The summed E-state index contributed by atoms with van der Waals surface area (Å²) in [6.45, 7) is 0. The average Bonchev–Trinajstić information content (AvgIpc) is 3.54. The molecular weight excluding hydrogens is 486 g/mol. The number of rotatable bonds is 4. The van der Waals surface area contributed by atoms with Crippen molar-refractivity contribution in [3.8, 4) is 11.4 Å². The van der Waals surface area contributed by atoms with Gasteiger partial charge in [0, 0.05) is 45.3 Å². The van der Waals surface area contributed by atoms with Crippen LogP contribution in [0.15, 0.2) is 140 Å². The highest BCUT2D eigenvalue weighted by Crippen LogP contribution is 2.36. The van der Waals surface area contributed by atoms with Crippen molar-refractivity contribution < 1.29 is 0 Å². The molecule has 0 fully saturated rings. The number of hydrogen-bond donors (Lipinski definition) is 0. The molecule has 0 N–H and O–H groups in total. The second-order valence-corrected chi connectivity index (χ2v) is 10.1. The lowest BCUT2D eigenvalue weighted by Gasteiger charge is -2.14. The van der Waals surface area contributed by atoms with E-state index < -0.39 is 0 Å². The Labute approximate surface area is 231 Å². The molecule has 188 valence electrons. The zero-order chi connectivity index (χ0) is 26.5. The molecule has 0 atom stereocenters. The Morgan fingerprint density at radius 1 is 0.400 bits per heavy atom. The number of hydrogen-bond acceptors (Lipinski definition) is 1. The molecule has 40 heavy (non-hydrogen) atoms. The van der Waals surface area contributed by atoms with E-state index in [1.54, 1.807) is 0 Å². The number of aromatic nitrogens is 3. The van der Waals surface area contributed by atoms with Gasteiger partial charge in [0.05, 0.1) is 22.1 Å². The summed E-state index contributed by atoms with van der Waals surface area (Å²) >= 11 is 0. The Morgan fingerprint density at radius 2 is 0.775 bits per heavy atom. The molecule has 3 nitrogen and oxygen atoms in total. The third-order valence-corrected chi connectivity index (χ3v) is 7.78. The van der Waals surface area contributed by atoms with Crippen molar-refractivity contribution in [1.29, 1.82) is 0 Å². The molecule has 5 aromatic carbocycles. The van der Waals surface area contributed by atoms with Gasteiger partial charge in [-0.2, -0.15) is 0 Å². The van der Waals surface area contributed by atoms with E-state index >= 15 is 0 Å². The summed E-state index contributed by atoms with van der Waals surface area (Å²) < 4.78 is 4.79. The molecule has 8 aromatic rings. The lowest BCUT2D eigenvalue weighted by Crippen LogP contribution is -2.00. The number of nitrogens with zero attached hydrogens (tertiary/aromatic N) is 3. The van der Waals surface area contributed by atoms with Gasteiger partial charge in [0.2, 0.25) is 0 Å². The van der Waals surface area contributed by atoms with Crippen molar-refractivity contribution in [3.05, 3.63) is 151 Å². The highest BCUT2D eigenvalue weighted by molar-refractivity contribution is 6.10. The first-order chi connectivity index (χ1) is 19.8. The van der Waals surface area contributed by atoms with Crippen LogP contribution >= 0.6 is 0 Å². The fraction of sp³-hybridized carbons (Fsp3) is 0. The molecule has 3 aromatic heterocycles. The van der Waals surface area contributed by atoms with Gasteiger partial charge in [0.25, 0.3) is 0 Å². The molecule has 0 aliphatic heterocycles. The molecule has 0 saturated heterocycles. The van der Waals surface area contributed by atoms with Crippen LogP contribution in [0, 0.1) is 0 Å². The fourth-order valence-electron chi connectivity index (χ4n) is 6.04. The second kappa shape index (κ2) is 9.11. The quantitative estimate of drug-likeness (QED) is 0.231. The van der Waals surface area contributed by atoms with E-state index in [1.165, 1.54) is 43.6 Å². The predicted molar refractivity (Wildman–Crippen MR) is 168 cm³/mol. The SMILES string of the molecule is C(=Cc1cc(-n2c3ccccc3c3ccccc32)cc(-n2c3ccccc3c3ccccc32)c1)c1ccncc1. The van der Waals surface area contributed by atoms with Crippen molar-refractivity contribution in [3.63, 3.8) is 0 Å². The van der Waals surface area contributed by atoms with E-state index in [-0.39, 0.29) is 0 Å². The van der Waals surface area contributed by atoms with Crippen LogP contribution < -0.4 is 0 Å². The van der Waals surface area contributed by atoms with Crippen LogP contribution in [0.4, 0.5) is 0 Å². The molecule has 0 radical (unpaired) electrons. The van der Waals surface area contributed by atoms with Gasteiger partial charge in [-0.05, 0) is 65.7 Å². The molecule has 3 heteroatoms. The van der Waals surface area contributed by atoms with Crippen molar-refractivity contribution in [2.45, 2.75) is 0 Å². The molecule has 0 aliphatic rings. The fourth-order valence-corrected chi connectivity index (χ4v) is 6.04. The average molecular weight is 512 g/mol. The van der Waals surface area contributed by atoms with Gasteiger partial charge in [0.1, 0.15) is 0 Å². The summed E-state index contributed by atoms with van der Waals surface area (Å²) in [5.41, 5.74) is 9.32. The Bertz CT molecular complexity index is 1980. The van der Waals surface area contributed by atoms with Crippen LogP contribution in [0.2, 0.25) is 0 Å². The van der Waals surface area contributed by atoms with Gasteiger partial charge >= 0.3 is 0 Å². The molecule has 8 rings (SSSR count). The Balaban J connectivity index is 1.45. The normalized spacial score (nSPS) is 11.9. The van der Waals surface area contributed by atoms with Gasteiger partial charge in [-0.25, -0.2) is 0 Å². The summed E-state index contributed by atoms with van der Waals surface area (Å²) in [6.07, 6.45) is 8.02. The maximum Gasteiger partial charge on any atom is 0.0541 e. The summed E-state index contributed by atoms with van der Waals surface area (Å²) in [7, 11) is 0. The minimum Gasteiger partial charge on any atom is -0.309 e.